The number of aromatic nitrogens is 2. The summed E-state index contributed by atoms with van der Waals surface area (Å²) in [6, 6.07) is 10.1. The number of para-hydroxylation sites is 2. The molecule has 4 nitrogen and oxygen atoms in total. The Morgan fingerprint density at radius 2 is 2.09 bits per heavy atom. The van der Waals surface area contributed by atoms with Crippen LogP contribution < -0.4 is 0 Å². The number of fused-ring (bicyclic) bond motifs is 1. The van der Waals surface area contributed by atoms with E-state index in [2.05, 4.69) is 22.5 Å². The predicted molar refractivity (Wildman–Crippen MR) is 90.3 cm³/mol. The van der Waals surface area contributed by atoms with Gasteiger partial charge in [0.1, 0.15) is 5.82 Å². The molecule has 0 unspecified atom stereocenters. The van der Waals surface area contributed by atoms with E-state index in [-0.39, 0.29) is 5.91 Å². The zero-order valence-electron chi connectivity index (χ0n) is 13.0. The highest BCUT2D eigenvalue weighted by Crippen LogP contribution is 2.20. The summed E-state index contributed by atoms with van der Waals surface area (Å²) < 4.78 is 2.17. The molecule has 0 aliphatic rings. The van der Waals surface area contributed by atoms with Gasteiger partial charge in [0.2, 0.25) is 0 Å². The van der Waals surface area contributed by atoms with Crippen molar-refractivity contribution < 1.29 is 4.79 Å². The molecule has 2 heterocycles. The number of aryl methyl sites for hydroxylation is 2. The number of rotatable bonds is 4. The topological polar surface area (TPSA) is 38.1 Å². The molecule has 5 heteroatoms. The van der Waals surface area contributed by atoms with Crippen LogP contribution in [-0.4, -0.2) is 27.4 Å². The van der Waals surface area contributed by atoms with Crippen molar-refractivity contribution in [1.29, 1.82) is 0 Å². The summed E-state index contributed by atoms with van der Waals surface area (Å²) >= 11 is 1.49. The van der Waals surface area contributed by atoms with Crippen molar-refractivity contribution >= 4 is 28.3 Å². The summed E-state index contributed by atoms with van der Waals surface area (Å²) in [6.07, 6.45) is 0. The molecule has 0 aliphatic heterocycles. The summed E-state index contributed by atoms with van der Waals surface area (Å²) in [4.78, 5) is 19.8. The molecule has 3 rings (SSSR count). The average Bonchev–Trinajstić information content (AvgIpc) is 3.09. The Labute approximate surface area is 134 Å². The Morgan fingerprint density at radius 1 is 1.32 bits per heavy atom. The summed E-state index contributed by atoms with van der Waals surface area (Å²) in [6.45, 7) is 5.43. The van der Waals surface area contributed by atoms with E-state index < -0.39 is 0 Å². The highest BCUT2D eigenvalue weighted by molar-refractivity contribution is 7.12. The van der Waals surface area contributed by atoms with E-state index in [1.165, 1.54) is 11.3 Å². The molecule has 0 aliphatic carbocycles. The van der Waals surface area contributed by atoms with Crippen LogP contribution in [0.15, 0.2) is 35.7 Å². The zero-order valence-corrected chi connectivity index (χ0v) is 13.9. The van der Waals surface area contributed by atoms with E-state index in [4.69, 9.17) is 0 Å². The highest BCUT2D eigenvalue weighted by atomic mass is 32.1. The second kappa shape index (κ2) is 5.93. The number of thiophene rings is 1. The highest BCUT2D eigenvalue weighted by Gasteiger charge is 2.18. The van der Waals surface area contributed by atoms with E-state index in [0.29, 0.717) is 6.54 Å². The first-order valence-corrected chi connectivity index (χ1v) is 8.23. The van der Waals surface area contributed by atoms with Crippen LogP contribution in [0.4, 0.5) is 0 Å². The van der Waals surface area contributed by atoms with Crippen molar-refractivity contribution in [2.45, 2.75) is 26.9 Å². The third-order valence-corrected chi connectivity index (χ3v) is 4.84. The number of benzene rings is 1. The van der Waals surface area contributed by atoms with E-state index in [9.17, 15) is 4.79 Å². The van der Waals surface area contributed by atoms with Crippen LogP contribution in [0.2, 0.25) is 0 Å². The first kappa shape index (κ1) is 14.8. The SMILES string of the molecule is CCn1c(CN(C)C(=O)c2sccc2C)nc2ccccc21. The van der Waals surface area contributed by atoms with Gasteiger partial charge in [-0.1, -0.05) is 12.1 Å². The minimum Gasteiger partial charge on any atom is -0.334 e. The Balaban J connectivity index is 1.89. The minimum atomic E-state index is 0.0576. The monoisotopic (exact) mass is 313 g/mol. The van der Waals surface area contributed by atoms with Gasteiger partial charge in [-0.05, 0) is 43.0 Å². The van der Waals surface area contributed by atoms with Gasteiger partial charge in [0.15, 0.2) is 0 Å². The van der Waals surface area contributed by atoms with Gasteiger partial charge in [-0.25, -0.2) is 4.98 Å². The standard InChI is InChI=1S/C17H19N3OS/c1-4-20-14-8-6-5-7-13(14)18-15(20)11-19(3)17(21)16-12(2)9-10-22-16/h5-10H,4,11H2,1-3H3. The molecule has 2 aromatic heterocycles. The van der Waals surface area contributed by atoms with Crippen LogP contribution in [0, 0.1) is 6.92 Å². The Morgan fingerprint density at radius 3 is 2.77 bits per heavy atom. The van der Waals surface area contributed by atoms with Crippen LogP contribution >= 0.6 is 11.3 Å². The van der Waals surface area contributed by atoms with Crippen LogP contribution in [-0.2, 0) is 13.1 Å². The second-order valence-electron chi connectivity index (χ2n) is 5.35. The third-order valence-electron chi connectivity index (χ3n) is 3.83. The molecular formula is C17H19N3OS. The van der Waals surface area contributed by atoms with E-state index in [0.717, 1.165) is 33.8 Å². The predicted octanol–water partition coefficient (Wildman–Crippen LogP) is 3.70. The maximum Gasteiger partial charge on any atom is 0.264 e. The van der Waals surface area contributed by atoms with Gasteiger partial charge in [0.25, 0.3) is 5.91 Å². The lowest BCUT2D eigenvalue weighted by Crippen LogP contribution is -2.27. The maximum absolute atomic E-state index is 12.5. The second-order valence-corrected chi connectivity index (χ2v) is 6.27. The molecule has 0 atom stereocenters. The van der Waals surface area contributed by atoms with Crippen molar-refractivity contribution in [3.05, 3.63) is 52.0 Å². The molecule has 114 valence electrons. The van der Waals surface area contributed by atoms with Gasteiger partial charge in [-0.2, -0.15) is 0 Å². The smallest absolute Gasteiger partial charge is 0.264 e. The molecular weight excluding hydrogens is 294 g/mol. The molecule has 0 saturated carbocycles. The lowest BCUT2D eigenvalue weighted by atomic mass is 10.2. The molecule has 0 fully saturated rings. The minimum absolute atomic E-state index is 0.0576. The van der Waals surface area contributed by atoms with Crippen molar-refractivity contribution in [2.75, 3.05) is 7.05 Å². The number of carbonyl (C=O) groups excluding carboxylic acids is 1. The van der Waals surface area contributed by atoms with Crippen molar-refractivity contribution in [1.82, 2.24) is 14.5 Å². The quantitative estimate of drug-likeness (QED) is 0.736. The van der Waals surface area contributed by atoms with E-state index >= 15 is 0 Å². The first-order chi connectivity index (χ1) is 10.6. The molecule has 1 amide bonds. The van der Waals surface area contributed by atoms with Crippen LogP contribution in [0.1, 0.15) is 28.0 Å². The number of hydrogen-bond acceptors (Lipinski definition) is 3. The number of nitrogens with zero attached hydrogens (tertiary/aromatic N) is 3. The van der Waals surface area contributed by atoms with Gasteiger partial charge in [0, 0.05) is 13.6 Å². The molecule has 22 heavy (non-hydrogen) atoms. The van der Waals surface area contributed by atoms with Crippen LogP contribution in [0.5, 0.6) is 0 Å². The van der Waals surface area contributed by atoms with Crippen LogP contribution in [0.3, 0.4) is 0 Å². The fraction of sp³-hybridized carbons (Fsp3) is 0.294. The van der Waals surface area contributed by atoms with Gasteiger partial charge < -0.3 is 9.47 Å². The first-order valence-electron chi connectivity index (χ1n) is 7.35. The fourth-order valence-corrected chi connectivity index (χ4v) is 3.57. The summed E-state index contributed by atoms with van der Waals surface area (Å²) in [5.74, 6) is 0.982. The number of carbonyl (C=O) groups is 1. The maximum atomic E-state index is 12.5. The fourth-order valence-electron chi connectivity index (χ4n) is 2.65. The van der Waals surface area contributed by atoms with Gasteiger partial charge in [0.05, 0.1) is 22.5 Å². The molecule has 0 N–H and O–H groups in total. The van der Waals surface area contributed by atoms with Crippen LogP contribution in [0.25, 0.3) is 11.0 Å². The van der Waals surface area contributed by atoms with Crippen molar-refractivity contribution in [3.8, 4) is 0 Å². The molecule has 0 spiro atoms. The van der Waals surface area contributed by atoms with E-state index in [1.807, 2.05) is 43.6 Å². The zero-order chi connectivity index (χ0) is 15.7. The molecule has 0 bridgehead atoms. The van der Waals surface area contributed by atoms with Gasteiger partial charge in [-0.3, -0.25) is 4.79 Å². The summed E-state index contributed by atoms with van der Waals surface area (Å²) in [5, 5.41) is 1.96. The number of hydrogen-bond donors (Lipinski definition) is 0. The lowest BCUT2D eigenvalue weighted by molar-refractivity contribution is 0.0784. The average molecular weight is 313 g/mol. The number of imidazole rings is 1. The van der Waals surface area contributed by atoms with E-state index in [1.54, 1.807) is 4.90 Å². The molecule has 0 saturated heterocycles. The summed E-state index contributed by atoms with van der Waals surface area (Å²) in [7, 11) is 1.83. The Kier molecular flexibility index (Phi) is 3.98. The lowest BCUT2D eigenvalue weighted by Gasteiger charge is -2.17. The number of amides is 1. The van der Waals surface area contributed by atoms with Crippen molar-refractivity contribution in [2.24, 2.45) is 0 Å². The van der Waals surface area contributed by atoms with Gasteiger partial charge in [-0.15, -0.1) is 11.3 Å². The van der Waals surface area contributed by atoms with Crippen molar-refractivity contribution in [3.63, 3.8) is 0 Å². The Hall–Kier alpha value is -2.14. The largest absolute Gasteiger partial charge is 0.334 e. The Bertz CT molecular complexity index is 818. The molecule has 0 radical (unpaired) electrons. The normalized spacial score (nSPS) is 11.0. The molecule has 3 aromatic rings. The van der Waals surface area contributed by atoms with Gasteiger partial charge >= 0.3 is 0 Å². The molecule has 1 aromatic carbocycles. The third kappa shape index (κ3) is 2.52. The summed E-state index contributed by atoms with van der Waals surface area (Å²) in [5.41, 5.74) is 3.13.